The molecular weight excluding hydrogens is 347 g/mol. The summed E-state index contributed by atoms with van der Waals surface area (Å²) in [5, 5.41) is 6.90. The molecule has 2 aromatic carbocycles. The van der Waals surface area contributed by atoms with E-state index in [0.29, 0.717) is 21.3 Å². The second kappa shape index (κ2) is 8.18. The van der Waals surface area contributed by atoms with E-state index in [1.165, 1.54) is 6.92 Å². The summed E-state index contributed by atoms with van der Waals surface area (Å²) in [5.41, 5.74) is 1.98. The first-order valence-electron chi connectivity index (χ1n) is 7.46. The lowest BCUT2D eigenvalue weighted by Gasteiger charge is -2.17. The number of para-hydroxylation sites is 1. The molecule has 1 atom stereocenters. The van der Waals surface area contributed by atoms with Gasteiger partial charge in [0.1, 0.15) is 0 Å². The van der Waals surface area contributed by atoms with Crippen molar-refractivity contribution in [1.29, 1.82) is 0 Å². The zero-order valence-electron chi connectivity index (χ0n) is 13.4. The van der Waals surface area contributed by atoms with Gasteiger partial charge in [-0.2, -0.15) is 0 Å². The molecule has 0 saturated carbocycles. The topological polar surface area (TPSA) is 58.2 Å². The lowest BCUT2D eigenvalue weighted by Crippen LogP contribution is -2.32. The van der Waals surface area contributed by atoms with Gasteiger partial charge in [0.05, 0.1) is 12.6 Å². The molecule has 0 bridgehead atoms. The molecule has 1 amide bonds. The molecule has 6 heteroatoms. The van der Waals surface area contributed by atoms with E-state index in [4.69, 9.17) is 23.2 Å². The number of carbonyl (C=O) groups excluding carboxylic acids is 2. The molecular formula is C18H18Cl2N2O2. The number of halogens is 2. The number of ketones is 1. The van der Waals surface area contributed by atoms with Crippen LogP contribution >= 0.6 is 23.2 Å². The fourth-order valence-corrected chi connectivity index (χ4v) is 2.91. The Balaban J connectivity index is 1.97. The number of hydrogen-bond acceptors (Lipinski definition) is 3. The molecule has 0 fully saturated rings. The van der Waals surface area contributed by atoms with Crippen LogP contribution in [0, 0.1) is 0 Å². The van der Waals surface area contributed by atoms with Gasteiger partial charge in [-0.05, 0) is 43.7 Å². The minimum atomic E-state index is -0.257. The van der Waals surface area contributed by atoms with E-state index >= 15 is 0 Å². The van der Waals surface area contributed by atoms with Crippen LogP contribution in [0.25, 0.3) is 0 Å². The lowest BCUT2D eigenvalue weighted by atomic mass is 10.1. The number of carbonyl (C=O) groups is 2. The first-order chi connectivity index (χ1) is 11.4. The average Bonchev–Trinajstić information content (AvgIpc) is 2.52. The molecule has 0 unspecified atom stereocenters. The quantitative estimate of drug-likeness (QED) is 0.742. The summed E-state index contributed by atoms with van der Waals surface area (Å²) < 4.78 is 0. The summed E-state index contributed by atoms with van der Waals surface area (Å²) in [5.74, 6) is -0.258. The SMILES string of the molecule is CC(=O)c1ccccc1NCC(=O)N[C@H](C)c1ccc(Cl)cc1Cl. The summed E-state index contributed by atoms with van der Waals surface area (Å²) in [6, 6.07) is 12.0. The van der Waals surface area contributed by atoms with E-state index in [0.717, 1.165) is 5.56 Å². The molecule has 2 N–H and O–H groups in total. The van der Waals surface area contributed by atoms with Crippen molar-refractivity contribution in [2.45, 2.75) is 19.9 Å². The second-order valence-corrected chi connectivity index (χ2v) is 6.25. The van der Waals surface area contributed by atoms with Gasteiger partial charge in [0.15, 0.2) is 5.78 Å². The van der Waals surface area contributed by atoms with Crippen molar-refractivity contribution in [3.63, 3.8) is 0 Å². The Morgan fingerprint density at radius 3 is 2.50 bits per heavy atom. The normalized spacial score (nSPS) is 11.7. The highest BCUT2D eigenvalue weighted by Crippen LogP contribution is 2.26. The Bertz CT molecular complexity index is 762. The third kappa shape index (κ3) is 4.73. The maximum atomic E-state index is 12.1. The highest BCUT2D eigenvalue weighted by Gasteiger charge is 2.13. The maximum Gasteiger partial charge on any atom is 0.239 e. The zero-order valence-corrected chi connectivity index (χ0v) is 14.9. The largest absolute Gasteiger partial charge is 0.376 e. The van der Waals surface area contributed by atoms with Crippen LogP contribution in [0.2, 0.25) is 10.0 Å². The van der Waals surface area contributed by atoms with Gasteiger partial charge in [-0.25, -0.2) is 0 Å². The van der Waals surface area contributed by atoms with Gasteiger partial charge in [-0.3, -0.25) is 9.59 Å². The number of anilines is 1. The molecule has 2 aromatic rings. The number of benzene rings is 2. The maximum absolute atomic E-state index is 12.1. The van der Waals surface area contributed by atoms with E-state index < -0.39 is 0 Å². The fraction of sp³-hybridized carbons (Fsp3) is 0.222. The van der Waals surface area contributed by atoms with Crippen LogP contribution in [0.5, 0.6) is 0 Å². The number of rotatable bonds is 6. The van der Waals surface area contributed by atoms with Crippen LogP contribution in [0.4, 0.5) is 5.69 Å². The smallest absolute Gasteiger partial charge is 0.239 e. The Kier molecular flexibility index (Phi) is 6.23. The molecule has 0 radical (unpaired) electrons. The predicted octanol–water partition coefficient (Wildman–Crippen LogP) is 4.49. The summed E-state index contributed by atoms with van der Waals surface area (Å²) >= 11 is 12.0. The highest BCUT2D eigenvalue weighted by atomic mass is 35.5. The van der Waals surface area contributed by atoms with Gasteiger partial charge < -0.3 is 10.6 Å². The van der Waals surface area contributed by atoms with Crippen LogP contribution in [-0.4, -0.2) is 18.2 Å². The van der Waals surface area contributed by atoms with E-state index in [1.807, 2.05) is 13.0 Å². The van der Waals surface area contributed by atoms with Crippen LogP contribution in [0.15, 0.2) is 42.5 Å². The molecule has 4 nitrogen and oxygen atoms in total. The molecule has 0 saturated heterocycles. The van der Waals surface area contributed by atoms with Gasteiger partial charge in [0, 0.05) is 21.3 Å². The van der Waals surface area contributed by atoms with E-state index in [9.17, 15) is 9.59 Å². The van der Waals surface area contributed by atoms with Crippen LogP contribution < -0.4 is 10.6 Å². The first kappa shape index (κ1) is 18.3. The van der Waals surface area contributed by atoms with Crippen molar-refractivity contribution >= 4 is 40.6 Å². The number of Topliss-reactive ketones (excluding diaryl/α,β-unsaturated/α-hetero) is 1. The highest BCUT2D eigenvalue weighted by molar-refractivity contribution is 6.35. The Labute approximate surface area is 151 Å². The molecule has 2 rings (SSSR count). The predicted molar refractivity (Wildman–Crippen MR) is 98.0 cm³/mol. The first-order valence-corrected chi connectivity index (χ1v) is 8.22. The Morgan fingerprint density at radius 1 is 1.12 bits per heavy atom. The third-order valence-corrected chi connectivity index (χ3v) is 4.11. The zero-order chi connectivity index (χ0) is 17.7. The van der Waals surface area contributed by atoms with Gasteiger partial charge in [-0.1, -0.05) is 41.4 Å². The van der Waals surface area contributed by atoms with Crippen molar-refractivity contribution < 1.29 is 9.59 Å². The molecule has 0 aliphatic carbocycles. The Hall–Kier alpha value is -2.04. The van der Waals surface area contributed by atoms with Gasteiger partial charge in [0.2, 0.25) is 5.91 Å². The monoisotopic (exact) mass is 364 g/mol. The minimum Gasteiger partial charge on any atom is -0.376 e. The summed E-state index contributed by atoms with van der Waals surface area (Å²) in [4.78, 5) is 23.7. The Morgan fingerprint density at radius 2 is 1.83 bits per heavy atom. The van der Waals surface area contributed by atoms with Gasteiger partial charge >= 0.3 is 0 Å². The van der Waals surface area contributed by atoms with Crippen LogP contribution in [0.3, 0.4) is 0 Å². The second-order valence-electron chi connectivity index (χ2n) is 5.41. The average molecular weight is 365 g/mol. The van der Waals surface area contributed by atoms with Crippen molar-refractivity contribution in [3.05, 3.63) is 63.6 Å². The van der Waals surface area contributed by atoms with Gasteiger partial charge in [0.25, 0.3) is 0 Å². The standard InChI is InChI=1S/C18H18Cl2N2O2/c1-11(14-8-7-13(19)9-16(14)20)22-18(24)10-21-17-6-4-3-5-15(17)12(2)23/h3-9,11,21H,10H2,1-2H3,(H,22,24)/t11-/m1/s1. The lowest BCUT2D eigenvalue weighted by molar-refractivity contribution is -0.120. The number of hydrogen-bond donors (Lipinski definition) is 2. The van der Waals surface area contributed by atoms with Crippen molar-refractivity contribution in [1.82, 2.24) is 5.32 Å². The molecule has 0 aromatic heterocycles. The molecule has 126 valence electrons. The number of amides is 1. The molecule has 0 heterocycles. The summed E-state index contributed by atoms with van der Waals surface area (Å²) in [6.45, 7) is 3.39. The number of nitrogens with one attached hydrogen (secondary N) is 2. The molecule has 0 aliphatic heterocycles. The molecule has 24 heavy (non-hydrogen) atoms. The van der Waals surface area contributed by atoms with Gasteiger partial charge in [-0.15, -0.1) is 0 Å². The van der Waals surface area contributed by atoms with Crippen LogP contribution in [0.1, 0.15) is 35.8 Å². The van der Waals surface area contributed by atoms with E-state index in [1.54, 1.807) is 36.4 Å². The minimum absolute atomic E-state index is 0.0554. The van der Waals surface area contributed by atoms with Crippen LogP contribution in [-0.2, 0) is 4.79 Å². The summed E-state index contributed by atoms with van der Waals surface area (Å²) in [7, 11) is 0. The fourth-order valence-electron chi connectivity index (χ4n) is 2.34. The summed E-state index contributed by atoms with van der Waals surface area (Å²) in [6.07, 6.45) is 0. The molecule has 0 spiro atoms. The molecule has 0 aliphatic rings. The van der Waals surface area contributed by atoms with E-state index in [2.05, 4.69) is 10.6 Å². The van der Waals surface area contributed by atoms with E-state index in [-0.39, 0.29) is 24.3 Å². The van der Waals surface area contributed by atoms with Crippen molar-refractivity contribution in [2.24, 2.45) is 0 Å². The third-order valence-electron chi connectivity index (χ3n) is 3.55. The van der Waals surface area contributed by atoms with Crippen molar-refractivity contribution in [2.75, 3.05) is 11.9 Å². The van der Waals surface area contributed by atoms with Crippen molar-refractivity contribution in [3.8, 4) is 0 Å².